The molecule has 8 N–H and O–H groups in total. The lowest BCUT2D eigenvalue weighted by Gasteiger charge is -2.30. The number of benzene rings is 1. The molecule has 5 rings (SSSR count). The number of aromatic nitrogens is 1. The van der Waals surface area contributed by atoms with Crippen molar-refractivity contribution in [2.75, 3.05) is 24.5 Å². The van der Waals surface area contributed by atoms with E-state index in [1.807, 2.05) is 17.8 Å². The van der Waals surface area contributed by atoms with Crippen LogP contribution < -0.4 is 27.1 Å². The first-order valence-corrected chi connectivity index (χ1v) is 15.9. The average Bonchev–Trinajstić information content (AvgIpc) is 3.82. The number of pyridine rings is 1. The van der Waals surface area contributed by atoms with Crippen LogP contribution in [0.5, 0.6) is 5.75 Å². The number of aliphatic carboxylic acids is 2. The van der Waals surface area contributed by atoms with Crippen LogP contribution in [0.2, 0.25) is 5.02 Å². The van der Waals surface area contributed by atoms with Crippen LogP contribution in [0.4, 0.5) is 36.4 Å². The Hall–Kier alpha value is -4.43. The van der Waals surface area contributed by atoms with Gasteiger partial charge in [-0.25, -0.2) is 14.0 Å². The molecule has 13 nitrogen and oxygen atoms in total. The van der Waals surface area contributed by atoms with Gasteiger partial charge in [0, 0.05) is 25.0 Å². The summed E-state index contributed by atoms with van der Waals surface area (Å²) in [6.07, 6.45) is 0.157. The van der Waals surface area contributed by atoms with E-state index in [2.05, 4.69) is 11.4 Å². The predicted molar refractivity (Wildman–Crippen MR) is 173 cm³/mol. The fraction of sp³-hybridized carbons (Fsp3) is 0.516. The molecule has 3 aliphatic rings. The summed E-state index contributed by atoms with van der Waals surface area (Å²) in [5, 5.41) is 27.7. The van der Waals surface area contributed by atoms with E-state index in [1.54, 1.807) is 4.57 Å². The number of nitrogens with one attached hydrogen (secondary N) is 1. The Labute approximate surface area is 296 Å². The van der Waals surface area contributed by atoms with Crippen molar-refractivity contribution in [2.24, 2.45) is 23.3 Å². The highest BCUT2D eigenvalue weighted by Crippen LogP contribution is 2.45. The monoisotopic (exact) mass is 775 g/mol. The number of amides is 1. The van der Waals surface area contributed by atoms with Crippen LogP contribution in [0.25, 0.3) is 10.9 Å². The maximum atomic E-state index is 15.5. The van der Waals surface area contributed by atoms with Crippen molar-refractivity contribution in [3.05, 3.63) is 45.5 Å². The van der Waals surface area contributed by atoms with Crippen LogP contribution in [0.1, 0.15) is 44.6 Å². The molecule has 52 heavy (non-hydrogen) atoms. The number of hydrogen-bond donors (Lipinski definition) is 6. The number of carbonyl (C=O) groups is 4. The molecule has 2 fully saturated rings. The number of rotatable bonds is 8. The summed E-state index contributed by atoms with van der Waals surface area (Å²) in [5.74, 6) is -6.41. The van der Waals surface area contributed by atoms with Crippen molar-refractivity contribution < 1.29 is 65.2 Å². The molecule has 1 saturated carbocycles. The van der Waals surface area contributed by atoms with Gasteiger partial charge in [-0.2, -0.15) is 26.3 Å². The van der Waals surface area contributed by atoms with E-state index < -0.39 is 47.3 Å². The Morgan fingerprint density at radius 2 is 1.60 bits per heavy atom. The molecule has 1 aliphatic heterocycles. The number of carboxylic acids is 2. The van der Waals surface area contributed by atoms with E-state index in [-0.39, 0.29) is 45.9 Å². The van der Waals surface area contributed by atoms with Gasteiger partial charge in [-0.1, -0.05) is 30.2 Å². The number of halogens is 8. The van der Waals surface area contributed by atoms with Crippen molar-refractivity contribution in [2.45, 2.75) is 69.0 Å². The van der Waals surface area contributed by atoms with Crippen molar-refractivity contribution in [3.8, 4) is 5.75 Å². The standard InChI is InChI=1S/C26H33ClFN5O3.2C2HF3O2.CH2O/c27-22-23-16(25(35)21(34)13-33(23)15-7-8-15)10-18(28)24(22)32-11-14-4-3-6-20(17(14)12-32)31-26(36)19(30)5-1-2-9-29;2*3-2(4,5)1(6)7;1-2/h3,6,10,13-15,17,19-20,34H,1-2,4-5,7-9,11-12,29-30H2,(H,31,36);2*(H,6,7);1H2/t14?,17?,19-,20?;;;/m0.../s1. The first-order chi connectivity index (χ1) is 24.2. The lowest BCUT2D eigenvalue weighted by Crippen LogP contribution is -2.49. The summed E-state index contributed by atoms with van der Waals surface area (Å²) in [6.45, 7) is 3.67. The molecule has 3 unspecified atom stereocenters. The smallest absolute Gasteiger partial charge is 0.490 e. The Morgan fingerprint density at radius 3 is 2.10 bits per heavy atom. The van der Waals surface area contributed by atoms with Crippen molar-refractivity contribution in [1.82, 2.24) is 9.88 Å². The second-order valence-electron chi connectivity index (χ2n) is 11.9. The number of alkyl halides is 6. The second kappa shape index (κ2) is 18.4. The summed E-state index contributed by atoms with van der Waals surface area (Å²) in [7, 11) is 0. The van der Waals surface area contributed by atoms with E-state index >= 15 is 4.39 Å². The van der Waals surface area contributed by atoms with E-state index in [0.29, 0.717) is 31.6 Å². The topological polar surface area (TPSA) is 218 Å². The van der Waals surface area contributed by atoms with Gasteiger partial charge in [-0.05, 0) is 50.6 Å². The van der Waals surface area contributed by atoms with Crippen LogP contribution in [-0.2, 0) is 19.2 Å². The highest BCUT2D eigenvalue weighted by molar-refractivity contribution is 6.38. The minimum Gasteiger partial charge on any atom is -0.503 e. The molecular formula is C31H37ClF7N5O8. The zero-order valence-corrected chi connectivity index (χ0v) is 28.0. The second-order valence-corrected chi connectivity index (χ2v) is 12.3. The Morgan fingerprint density at radius 1 is 1.04 bits per heavy atom. The fourth-order valence-electron chi connectivity index (χ4n) is 5.69. The Balaban J connectivity index is 0.000000492. The van der Waals surface area contributed by atoms with Crippen molar-refractivity contribution >= 4 is 52.8 Å². The number of hydrogen-bond acceptors (Lipinski definition) is 9. The fourth-order valence-corrected chi connectivity index (χ4v) is 6.10. The summed E-state index contributed by atoms with van der Waals surface area (Å²) in [4.78, 5) is 53.0. The van der Waals surface area contributed by atoms with Gasteiger partial charge in [0.25, 0.3) is 0 Å². The number of unbranched alkanes of at least 4 members (excludes halogenated alkanes) is 1. The number of aromatic hydroxyl groups is 1. The van der Waals surface area contributed by atoms with E-state index in [9.17, 15) is 41.0 Å². The molecule has 1 aromatic carbocycles. The number of allylic oxidation sites excluding steroid dienone is 1. The summed E-state index contributed by atoms with van der Waals surface area (Å²) >= 11 is 6.81. The predicted octanol–water partition coefficient (Wildman–Crippen LogP) is 3.87. The minimum atomic E-state index is -5.08. The molecular weight excluding hydrogens is 739 g/mol. The quantitative estimate of drug-likeness (QED) is 0.129. The highest BCUT2D eigenvalue weighted by atomic mass is 35.5. The SMILES string of the molecule is C=O.NCCCC[C@H](N)C(=O)NC1C=CCC2CN(c3c(F)cc4c(=O)c(O)cn(C5CC5)c4c3Cl)CC21.O=C(O)C(F)(F)F.O=C(O)C(F)(F)F. The number of nitrogens with two attached hydrogens (primary N) is 2. The van der Waals surface area contributed by atoms with Crippen LogP contribution in [0.3, 0.4) is 0 Å². The van der Waals surface area contributed by atoms with Gasteiger partial charge < -0.3 is 46.4 Å². The Bertz CT molecular complexity index is 1660. The first-order valence-electron chi connectivity index (χ1n) is 15.5. The number of carbonyl (C=O) groups excluding carboxylic acids is 2. The summed E-state index contributed by atoms with van der Waals surface area (Å²) in [5.41, 5.74) is 11.7. The first kappa shape index (κ1) is 43.7. The summed E-state index contributed by atoms with van der Waals surface area (Å²) in [6, 6.07) is 0.530. The molecule has 0 spiro atoms. The number of fused-ring (bicyclic) bond motifs is 2. The number of nitrogens with zero attached hydrogens (tertiary/aromatic N) is 2. The molecule has 290 valence electrons. The maximum Gasteiger partial charge on any atom is 0.490 e. The van der Waals surface area contributed by atoms with Gasteiger partial charge in [-0.3, -0.25) is 9.59 Å². The van der Waals surface area contributed by atoms with Crippen molar-refractivity contribution in [3.63, 3.8) is 0 Å². The molecule has 0 radical (unpaired) electrons. The molecule has 2 heterocycles. The van der Waals surface area contributed by atoms with E-state index in [1.165, 1.54) is 12.3 Å². The minimum absolute atomic E-state index is 0.0757. The third-order valence-corrected chi connectivity index (χ3v) is 8.61. The highest BCUT2D eigenvalue weighted by Gasteiger charge is 2.42. The molecule has 2 aromatic rings. The van der Waals surface area contributed by atoms with Gasteiger partial charge in [0.2, 0.25) is 11.3 Å². The van der Waals surface area contributed by atoms with Crippen LogP contribution >= 0.6 is 11.6 Å². The summed E-state index contributed by atoms with van der Waals surface area (Å²) < 4.78 is 80.7. The zero-order valence-electron chi connectivity index (χ0n) is 27.2. The van der Waals surface area contributed by atoms with Gasteiger partial charge in [0.15, 0.2) is 5.75 Å². The average molecular weight is 776 g/mol. The third-order valence-electron chi connectivity index (χ3n) is 8.26. The third kappa shape index (κ3) is 11.3. The molecule has 1 aromatic heterocycles. The van der Waals surface area contributed by atoms with Gasteiger partial charge in [0.1, 0.15) is 12.6 Å². The van der Waals surface area contributed by atoms with E-state index in [4.69, 9.17) is 47.7 Å². The maximum absolute atomic E-state index is 15.5. The molecule has 2 aliphatic carbocycles. The molecule has 4 atom stereocenters. The molecule has 21 heteroatoms. The lowest BCUT2D eigenvalue weighted by atomic mass is 9.82. The van der Waals surface area contributed by atoms with Crippen LogP contribution in [0.15, 0.2) is 29.2 Å². The Kier molecular flexibility index (Phi) is 15.4. The molecule has 1 saturated heterocycles. The van der Waals surface area contributed by atoms with Gasteiger partial charge in [0.05, 0.1) is 39.9 Å². The number of anilines is 1. The van der Waals surface area contributed by atoms with Crippen molar-refractivity contribution in [1.29, 1.82) is 0 Å². The molecule has 0 bridgehead atoms. The lowest BCUT2D eigenvalue weighted by molar-refractivity contribution is -0.193. The van der Waals surface area contributed by atoms with Gasteiger partial charge in [-0.15, -0.1) is 0 Å². The van der Waals surface area contributed by atoms with Gasteiger partial charge >= 0.3 is 24.3 Å². The number of carboxylic acid groups (broad SMARTS) is 2. The largest absolute Gasteiger partial charge is 0.503 e. The van der Waals surface area contributed by atoms with Crippen LogP contribution in [0, 0.1) is 17.7 Å². The van der Waals surface area contributed by atoms with E-state index in [0.717, 1.165) is 32.1 Å². The zero-order chi connectivity index (χ0) is 39.7. The molecule has 1 amide bonds. The van der Waals surface area contributed by atoms with Crippen LogP contribution in [-0.4, -0.2) is 88.6 Å². The normalized spacial score (nSPS) is 19.9.